The lowest BCUT2D eigenvalue weighted by Gasteiger charge is -2.36. The zero-order chi connectivity index (χ0) is 18.8. The van der Waals surface area contributed by atoms with Crippen molar-refractivity contribution in [1.29, 1.82) is 0 Å². The molecule has 1 aromatic carbocycles. The lowest BCUT2D eigenvalue weighted by molar-refractivity contribution is -0.129. The number of nitrogens with one attached hydrogen (secondary N) is 2. The largest absolute Gasteiger partial charge is 0.368 e. The molecule has 10 heteroatoms. The smallest absolute Gasteiger partial charge is 0.242 e. The molecular weight excluding hydrogens is 373 g/mol. The van der Waals surface area contributed by atoms with E-state index in [0.717, 1.165) is 5.69 Å². The Morgan fingerprint density at radius 1 is 1.19 bits per heavy atom. The maximum Gasteiger partial charge on any atom is 0.242 e. The predicted octanol–water partition coefficient (Wildman–Crippen LogP) is 1.91. The minimum atomic E-state index is -0.255. The van der Waals surface area contributed by atoms with Crippen molar-refractivity contribution in [2.75, 3.05) is 42.9 Å². The van der Waals surface area contributed by atoms with Crippen molar-refractivity contribution < 1.29 is 9.18 Å². The topological polar surface area (TPSA) is 90.0 Å². The Labute approximate surface area is 159 Å². The van der Waals surface area contributed by atoms with Crippen molar-refractivity contribution in [3.05, 3.63) is 41.7 Å². The Bertz CT molecular complexity index is 954. The van der Waals surface area contributed by atoms with Gasteiger partial charge in [0.25, 0.3) is 0 Å². The third-order valence-electron chi connectivity index (χ3n) is 4.49. The van der Waals surface area contributed by atoms with E-state index in [1.807, 2.05) is 0 Å². The highest BCUT2D eigenvalue weighted by atomic mass is 35.5. The van der Waals surface area contributed by atoms with Crippen molar-refractivity contribution in [3.8, 4) is 0 Å². The van der Waals surface area contributed by atoms with Gasteiger partial charge in [-0.1, -0.05) is 0 Å². The number of hydrogen-bond donors (Lipinski definition) is 2. The van der Waals surface area contributed by atoms with Gasteiger partial charge in [0.05, 0.1) is 12.9 Å². The molecule has 1 aliphatic heterocycles. The molecule has 0 aliphatic carbocycles. The van der Waals surface area contributed by atoms with Crippen LogP contribution in [0.2, 0.25) is 5.28 Å². The molecule has 1 amide bonds. The number of benzene rings is 1. The maximum absolute atomic E-state index is 13.0. The molecule has 0 unspecified atom stereocenters. The maximum atomic E-state index is 13.0. The second kappa shape index (κ2) is 7.36. The fourth-order valence-electron chi connectivity index (χ4n) is 3.07. The summed E-state index contributed by atoms with van der Waals surface area (Å²) >= 11 is 5.89. The van der Waals surface area contributed by atoms with Crippen LogP contribution in [-0.2, 0) is 4.79 Å². The Balaban J connectivity index is 1.34. The zero-order valence-corrected chi connectivity index (χ0v) is 15.1. The summed E-state index contributed by atoms with van der Waals surface area (Å²) < 4.78 is 13.0. The van der Waals surface area contributed by atoms with Crippen LogP contribution >= 0.6 is 11.6 Å². The van der Waals surface area contributed by atoms with E-state index in [1.54, 1.807) is 17.0 Å². The third kappa shape index (κ3) is 3.77. The van der Waals surface area contributed by atoms with Crippen molar-refractivity contribution in [3.63, 3.8) is 0 Å². The van der Waals surface area contributed by atoms with Gasteiger partial charge in [0.2, 0.25) is 11.2 Å². The third-order valence-corrected chi connectivity index (χ3v) is 4.66. The van der Waals surface area contributed by atoms with E-state index in [-0.39, 0.29) is 23.6 Å². The van der Waals surface area contributed by atoms with E-state index in [0.29, 0.717) is 43.2 Å². The number of fused-ring (bicyclic) bond motifs is 1. The van der Waals surface area contributed by atoms with E-state index in [4.69, 9.17) is 11.6 Å². The fourth-order valence-corrected chi connectivity index (χ4v) is 3.24. The van der Waals surface area contributed by atoms with Crippen LogP contribution < -0.4 is 10.2 Å². The Morgan fingerprint density at radius 2 is 1.93 bits per heavy atom. The van der Waals surface area contributed by atoms with Crippen LogP contribution in [0.4, 0.5) is 15.9 Å². The number of nitrogens with zero attached hydrogens (tertiary/aromatic N) is 5. The number of imidazole rings is 1. The fraction of sp³-hybridized carbons (Fsp3) is 0.294. The summed E-state index contributed by atoms with van der Waals surface area (Å²) in [4.78, 5) is 31.5. The summed E-state index contributed by atoms with van der Waals surface area (Å²) in [6.07, 6.45) is 1.50. The van der Waals surface area contributed by atoms with Crippen LogP contribution in [0.3, 0.4) is 0 Å². The van der Waals surface area contributed by atoms with E-state index in [2.05, 4.69) is 30.2 Å². The number of H-pyrrole nitrogens is 1. The lowest BCUT2D eigenvalue weighted by atomic mass is 10.2. The second-order valence-corrected chi connectivity index (χ2v) is 6.48. The monoisotopic (exact) mass is 389 g/mol. The van der Waals surface area contributed by atoms with Crippen LogP contribution in [0.1, 0.15) is 0 Å². The molecular formula is C17H17ClFN7O. The molecule has 140 valence electrons. The molecule has 1 fully saturated rings. The Morgan fingerprint density at radius 3 is 2.67 bits per heavy atom. The van der Waals surface area contributed by atoms with Crippen LogP contribution in [0.15, 0.2) is 30.6 Å². The SMILES string of the molecule is O=C(CNc1nc(Cl)nc2nc[nH]c12)N1CCN(c2ccc(F)cc2)CC1. The van der Waals surface area contributed by atoms with Crippen molar-refractivity contribution >= 4 is 40.2 Å². The molecule has 0 atom stereocenters. The van der Waals surface area contributed by atoms with Gasteiger partial charge in [0, 0.05) is 31.9 Å². The minimum absolute atomic E-state index is 0.0313. The molecule has 1 saturated heterocycles. The van der Waals surface area contributed by atoms with E-state index >= 15 is 0 Å². The number of hydrogen-bond acceptors (Lipinski definition) is 6. The molecule has 3 aromatic rings. The van der Waals surface area contributed by atoms with Crippen LogP contribution in [0.5, 0.6) is 0 Å². The quantitative estimate of drug-likeness (QED) is 0.662. The number of anilines is 2. The second-order valence-electron chi connectivity index (χ2n) is 6.14. The molecule has 27 heavy (non-hydrogen) atoms. The number of halogens is 2. The summed E-state index contributed by atoms with van der Waals surface area (Å²) in [5.41, 5.74) is 2.00. The van der Waals surface area contributed by atoms with Gasteiger partial charge in [0.15, 0.2) is 11.5 Å². The average Bonchev–Trinajstić information content (AvgIpc) is 3.15. The van der Waals surface area contributed by atoms with Gasteiger partial charge in [0.1, 0.15) is 11.3 Å². The first kappa shape index (κ1) is 17.5. The van der Waals surface area contributed by atoms with Gasteiger partial charge in [-0.3, -0.25) is 4.79 Å². The van der Waals surface area contributed by atoms with Gasteiger partial charge in [-0.25, -0.2) is 9.37 Å². The van der Waals surface area contributed by atoms with Gasteiger partial charge in [-0.15, -0.1) is 0 Å². The lowest BCUT2D eigenvalue weighted by Crippen LogP contribution is -2.50. The molecule has 2 N–H and O–H groups in total. The number of carbonyl (C=O) groups is 1. The summed E-state index contributed by atoms with van der Waals surface area (Å²) in [5, 5.41) is 3.07. The molecule has 1 aliphatic rings. The predicted molar refractivity (Wildman–Crippen MR) is 100 cm³/mol. The average molecular weight is 390 g/mol. The first-order chi connectivity index (χ1) is 13.1. The van der Waals surface area contributed by atoms with Gasteiger partial charge in [-0.2, -0.15) is 9.97 Å². The molecule has 2 aromatic heterocycles. The van der Waals surface area contributed by atoms with E-state index in [1.165, 1.54) is 18.5 Å². The Kier molecular flexibility index (Phi) is 4.76. The van der Waals surface area contributed by atoms with Crippen LogP contribution in [0, 0.1) is 5.82 Å². The highest BCUT2D eigenvalue weighted by Gasteiger charge is 2.21. The highest BCUT2D eigenvalue weighted by Crippen LogP contribution is 2.19. The molecule has 0 spiro atoms. The van der Waals surface area contributed by atoms with E-state index < -0.39 is 0 Å². The number of aromatic amines is 1. The molecule has 8 nitrogen and oxygen atoms in total. The molecule has 3 heterocycles. The minimum Gasteiger partial charge on any atom is -0.368 e. The summed E-state index contributed by atoms with van der Waals surface area (Å²) in [5.74, 6) is 0.159. The Hall–Kier alpha value is -2.94. The van der Waals surface area contributed by atoms with Gasteiger partial charge in [-0.05, 0) is 35.9 Å². The number of amides is 1. The summed E-state index contributed by atoms with van der Waals surface area (Å²) in [6.45, 7) is 2.69. The van der Waals surface area contributed by atoms with Crippen LogP contribution in [-0.4, -0.2) is 63.5 Å². The first-order valence-corrected chi connectivity index (χ1v) is 8.87. The zero-order valence-electron chi connectivity index (χ0n) is 14.3. The van der Waals surface area contributed by atoms with Crippen LogP contribution in [0.25, 0.3) is 11.2 Å². The first-order valence-electron chi connectivity index (χ1n) is 8.49. The number of aromatic nitrogens is 4. The number of rotatable bonds is 4. The standard InChI is InChI=1S/C17H17ClFN7O/c18-17-23-15(14-16(24-17)22-10-21-14)20-9-13(27)26-7-5-25(6-8-26)12-3-1-11(19)2-4-12/h1-4,10H,5-9H2,(H2,20,21,22,23,24). The molecule has 4 rings (SSSR count). The molecule has 0 saturated carbocycles. The number of piperazine rings is 1. The van der Waals surface area contributed by atoms with Gasteiger partial charge >= 0.3 is 0 Å². The summed E-state index contributed by atoms with van der Waals surface area (Å²) in [7, 11) is 0. The van der Waals surface area contributed by atoms with Crippen molar-refractivity contribution in [2.24, 2.45) is 0 Å². The number of carbonyl (C=O) groups excluding carboxylic acids is 1. The van der Waals surface area contributed by atoms with Gasteiger partial charge < -0.3 is 20.1 Å². The molecule has 0 bridgehead atoms. The normalized spacial score (nSPS) is 14.6. The highest BCUT2D eigenvalue weighted by molar-refractivity contribution is 6.28. The molecule has 0 radical (unpaired) electrons. The summed E-state index contributed by atoms with van der Waals surface area (Å²) in [6, 6.07) is 6.39. The van der Waals surface area contributed by atoms with Crippen molar-refractivity contribution in [2.45, 2.75) is 0 Å². The van der Waals surface area contributed by atoms with E-state index in [9.17, 15) is 9.18 Å². The van der Waals surface area contributed by atoms with Crippen molar-refractivity contribution in [1.82, 2.24) is 24.8 Å².